The van der Waals surface area contributed by atoms with Gasteiger partial charge >= 0.3 is 12.1 Å². The summed E-state index contributed by atoms with van der Waals surface area (Å²) in [6, 6.07) is 4.25. The SMILES string of the molecule is O=C(O/N=c1\c(=O)c2cccnc2[nH]c2cnccc12)C(F)(F)F. The standard InChI is InChI=1S/C14H7F3N4O3/c15-14(16,17)13(23)24-21-10-7-3-5-18-6-9(7)20-12-8(11(10)22)2-1-4-19-12/h1-6H,(H,19,20)/b21-10-. The minimum atomic E-state index is -5.23. The summed E-state index contributed by atoms with van der Waals surface area (Å²) < 4.78 is 36.8. The third-order valence-corrected chi connectivity index (χ3v) is 3.05. The van der Waals surface area contributed by atoms with Gasteiger partial charge in [-0.05, 0) is 18.2 Å². The topological polar surface area (TPSA) is 97.3 Å². The van der Waals surface area contributed by atoms with Crippen LogP contribution >= 0.6 is 0 Å². The van der Waals surface area contributed by atoms with Gasteiger partial charge in [0.25, 0.3) is 0 Å². The van der Waals surface area contributed by atoms with Gasteiger partial charge in [-0.1, -0.05) is 5.16 Å². The number of carbonyl (C=O) groups is 1. The first-order valence-corrected chi connectivity index (χ1v) is 6.45. The van der Waals surface area contributed by atoms with Crippen LogP contribution in [0, 0.1) is 0 Å². The van der Waals surface area contributed by atoms with Gasteiger partial charge in [0.2, 0.25) is 5.43 Å². The van der Waals surface area contributed by atoms with Gasteiger partial charge in [-0.15, -0.1) is 0 Å². The summed E-state index contributed by atoms with van der Waals surface area (Å²) >= 11 is 0. The molecule has 0 fully saturated rings. The zero-order valence-corrected chi connectivity index (χ0v) is 11.7. The zero-order chi connectivity index (χ0) is 17.3. The summed E-state index contributed by atoms with van der Waals surface area (Å²) in [6.07, 6.45) is -1.14. The van der Waals surface area contributed by atoms with Crippen LogP contribution in [-0.2, 0) is 9.63 Å². The van der Waals surface area contributed by atoms with Gasteiger partial charge in [0.05, 0.1) is 17.1 Å². The lowest BCUT2D eigenvalue weighted by molar-refractivity contribution is -0.200. The molecule has 0 saturated carbocycles. The number of fused-ring (bicyclic) bond motifs is 2. The van der Waals surface area contributed by atoms with Gasteiger partial charge in [0.1, 0.15) is 5.65 Å². The maximum Gasteiger partial charge on any atom is 0.493 e. The number of rotatable bonds is 1. The van der Waals surface area contributed by atoms with E-state index in [0.29, 0.717) is 0 Å². The third kappa shape index (κ3) is 2.81. The monoisotopic (exact) mass is 336 g/mol. The number of nitrogens with zero attached hydrogens (tertiary/aromatic N) is 3. The fourth-order valence-electron chi connectivity index (χ4n) is 2.00. The molecule has 0 aliphatic rings. The van der Waals surface area contributed by atoms with Gasteiger partial charge in [-0.2, -0.15) is 13.2 Å². The Kier molecular flexibility index (Phi) is 3.72. The number of hydrogen-bond donors (Lipinski definition) is 1. The molecule has 3 aromatic rings. The molecule has 3 aromatic heterocycles. The normalized spacial score (nSPS) is 12.5. The van der Waals surface area contributed by atoms with Crippen molar-refractivity contribution in [3.8, 4) is 0 Å². The molecule has 0 amide bonds. The maximum absolute atomic E-state index is 12.6. The van der Waals surface area contributed by atoms with Crippen molar-refractivity contribution in [3.05, 3.63) is 52.4 Å². The molecular weight excluding hydrogens is 329 g/mol. The number of aromatic nitrogens is 3. The quantitative estimate of drug-likeness (QED) is 0.535. The van der Waals surface area contributed by atoms with Crippen molar-refractivity contribution in [1.82, 2.24) is 15.0 Å². The maximum atomic E-state index is 12.6. The molecule has 0 spiro atoms. The molecule has 0 aromatic carbocycles. The summed E-state index contributed by atoms with van der Waals surface area (Å²) in [6.45, 7) is 0. The molecule has 0 aliphatic carbocycles. The van der Waals surface area contributed by atoms with Crippen molar-refractivity contribution >= 4 is 27.9 Å². The van der Waals surface area contributed by atoms with E-state index in [0.717, 1.165) is 0 Å². The van der Waals surface area contributed by atoms with Crippen LogP contribution < -0.4 is 10.8 Å². The summed E-state index contributed by atoms with van der Waals surface area (Å²) in [7, 11) is 0. The number of nitrogens with one attached hydrogen (secondary N) is 1. The highest BCUT2D eigenvalue weighted by Gasteiger charge is 2.41. The van der Waals surface area contributed by atoms with Gasteiger partial charge in [-0.3, -0.25) is 9.78 Å². The van der Waals surface area contributed by atoms with E-state index in [-0.39, 0.29) is 21.9 Å². The van der Waals surface area contributed by atoms with Crippen LogP contribution in [-0.4, -0.2) is 27.1 Å². The van der Waals surface area contributed by atoms with E-state index >= 15 is 0 Å². The fourth-order valence-corrected chi connectivity index (χ4v) is 2.00. The molecule has 3 rings (SSSR count). The molecule has 1 N–H and O–H groups in total. The highest BCUT2D eigenvalue weighted by Crippen LogP contribution is 2.16. The average molecular weight is 336 g/mol. The van der Waals surface area contributed by atoms with E-state index in [2.05, 4.69) is 24.9 Å². The number of hydrogen-bond acceptors (Lipinski definition) is 6. The first kappa shape index (κ1) is 15.6. The minimum Gasteiger partial charge on any atom is -0.338 e. The molecule has 0 saturated heterocycles. The van der Waals surface area contributed by atoms with Crippen LogP contribution in [0.3, 0.4) is 0 Å². The lowest BCUT2D eigenvalue weighted by atomic mass is 10.2. The zero-order valence-electron chi connectivity index (χ0n) is 11.7. The Labute approximate surface area is 130 Å². The Bertz CT molecular complexity index is 1080. The molecule has 0 atom stereocenters. The molecule has 0 aliphatic heterocycles. The number of carbonyl (C=O) groups excluding carboxylic acids is 1. The van der Waals surface area contributed by atoms with Crippen molar-refractivity contribution in [2.45, 2.75) is 6.18 Å². The summed E-state index contributed by atoms with van der Waals surface area (Å²) in [5.41, 5.74) is -0.278. The van der Waals surface area contributed by atoms with Crippen LogP contribution in [0.4, 0.5) is 13.2 Å². The molecule has 122 valence electrons. The van der Waals surface area contributed by atoms with Gasteiger partial charge < -0.3 is 9.82 Å². The minimum absolute atomic E-state index is 0.0653. The van der Waals surface area contributed by atoms with E-state index < -0.39 is 22.9 Å². The Balaban J connectivity index is 2.38. The van der Waals surface area contributed by atoms with E-state index in [1.165, 1.54) is 36.8 Å². The number of alkyl halides is 3. The third-order valence-electron chi connectivity index (χ3n) is 3.05. The second-order valence-corrected chi connectivity index (χ2v) is 4.59. The van der Waals surface area contributed by atoms with Gasteiger partial charge in [0, 0.05) is 17.8 Å². The molecule has 24 heavy (non-hydrogen) atoms. The Morgan fingerprint density at radius 2 is 2.00 bits per heavy atom. The highest BCUT2D eigenvalue weighted by molar-refractivity contribution is 5.84. The lowest BCUT2D eigenvalue weighted by Gasteiger charge is -2.00. The van der Waals surface area contributed by atoms with Gasteiger partial charge in [0.15, 0.2) is 5.36 Å². The predicted molar refractivity (Wildman–Crippen MR) is 75.4 cm³/mol. The highest BCUT2D eigenvalue weighted by atomic mass is 19.4. The van der Waals surface area contributed by atoms with Crippen molar-refractivity contribution in [1.29, 1.82) is 0 Å². The van der Waals surface area contributed by atoms with E-state index in [1.807, 2.05) is 0 Å². The van der Waals surface area contributed by atoms with Crippen molar-refractivity contribution in [2.75, 3.05) is 0 Å². The molecule has 7 nitrogen and oxygen atoms in total. The number of H-pyrrole nitrogens is 1. The smallest absolute Gasteiger partial charge is 0.338 e. The van der Waals surface area contributed by atoms with Crippen molar-refractivity contribution in [2.24, 2.45) is 5.16 Å². The van der Waals surface area contributed by atoms with Crippen LogP contribution in [0.25, 0.3) is 21.9 Å². The Morgan fingerprint density at radius 3 is 2.75 bits per heavy atom. The molecule has 0 radical (unpaired) electrons. The summed E-state index contributed by atoms with van der Waals surface area (Å²) in [4.78, 5) is 38.0. The molecule has 3 heterocycles. The largest absolute Gasteiger partial charge is 0.493 e. The van der Waals surface area contributed by atoms with Crippen LogP contribution in [0.1, 0.15) is 0 Å². The van der Waals surface area contributed by atoms with Gasteiger partial charge in [-0.25, -0.2) is 9.78 Å². The number of aromatic amines is 1. The van der Waals surface area contributed by atoms with E-state index in [9.17, 15) is 22.8 Å². The van der Waals surface area contributed by atoms with E-state index in [4.69, 9.17) is 0 Å². The predicted octanol–water partition coefficient (Wildman–Crippen LogP) is 1.39. The molecule has 0 unspecified atom stereocenters. The first-order chi connectivity index (χ1) is 11.4. The van der Waals surface area contributed by atoms with E-state index in [1.54, 1.807) is 0 Å². The Morgan fingerprint density at radius 1 is 1.21 bits per heavy atom. The second kappa shape index (κ2) is 5.72. The van der Waals surface area contributed by atoms with Crippen LogP contribution in [0.15, 0.2) is 46.7 Å². The number of halogens is 3. The summed E-state index contributed by atoms with van der Waals surface area (Å²) in [5.74, 6) is -2.53. The summed E-state index contributed by atoms with van der Waals surface area (Å²) in [5, 5.41) is 2.86. The average Bonchev–Trinajstić information content (AvgIpc) is 2.66. The fraction of sp³-hybridized carbons (Fsp3) is 0.0714. The lowest BCUT2D eigenvalue weighted by Crippen LogP contribution is -2.28. The van der Waals surface area contributed by atoms with Crippen molar-refractivity contribution < 1.29 is 22.8 Å². The first-order valence-electron chi connectivity index (χ1n) is 6.45. The van der Waals surface area contributed by atoms with Crippen LogP contribution in [0.5, 0.6) is 0 Å². The second-order valence-electron chi connectivity index (χ2n) is 4.59. The Hall–Kier alpha value is -3.30. The molecule has 0 bridgehead atoms. The number of pyridine rings is 2. The van der Waals surface area contributed by atoms with Crippen molar-refractivity contribution in [3.63, 3.8) is 0 Å². The van der Waals surface area contributed by atoms with Crippen LogP contribution in [0.2, 0.25) is 0 Å². The molecular formula is C14H7F3N4O3. The molecule has 10 heteroatoms.